The van der Waals surface area contributed by atoms with Gasteiger partial charge < -0.3 is 10.1 Å². The number of ether oxygens (including phenoxy) is 1. The molecule has 1 aliphatic rings. The van der Waals surface area contributed by atoms with Gasteiger partial charge in [0, 0.05) is 17.4 Å². The van der Waals surface area contributed by atoms with Crippen molar-refractivity contribution in [3.05, 3.63) is 10.6 Å². The topological polar surface area (TPSA) is 68.3 Å². The number of carbonyl (C=O) groups excluding carboxylic acids is 2. The van der Waals surface area contributed by atoms with Crippen molar-refractivity contribution < 1.29 is 14.3 Å². The molecule has 1 aliphatic heterocycles. The van der Waals surface area contributed by atoms with Crippen molar-refractivity contribution in [2.75, 3.05) is 18.2 Å². The highest BCUT2D eigenvalue weighted by Crippen LogP contribution is 2.39. The smallest absolute Gasteiger partial charge is 0.350 e. The van der Waals surface area contributed by atoms with E-state index in [1.165, 1.54) is 25.7 Å². The summed E-state index contributed by atoms with van der Waals surface area (Å²) in [6.45, 7) is 1.73. The third-order valence-electron chi connectivity index (χ3n) is 3.32. The van der Waals surface area contributed by atoms with Gasteiger partial charge in [0.25, 0.3) is 0 Å². The second-order valence-corrected chi connectivity index (χ2v) is 8.83. The molecule has 8 heteroatoms. The van der Waals surface area contributed by atoms with E-state index < -0.39 is 5.97 Å². The van der Waals surface area contributed by atoms with E-state index in [9.17, 15) is 9.59 Å². The lowest BCUT2D eigenvalue weighted by molar-refractivity contribution is -0.116. The van der Waals surface area contributed by atoms with Gasteiger partial charge in [-0.15, -0.1) is 0 Å². The summed E-state index contributed by atoms with van der Waals surface area (Å²) in [7, 11) is 5.26. The second kappa shape index (κ2) is 8.79. The predicted octanol–water partition coefficient (Wildman–Crippen LogP) is 3.89. The Morgan fingerprint density at radius 1 is 1.41 bits per heavy atom. The molecule has 1 aromatic heterocycles. The standard InChI is InChI=1S/C14H20N2O3S3/c1-9-12(13(18)19-2)21-14(15-9)16-11(17)6-4-3-5-10-7-8-20-22-10/h10H,3-8H2,1-2H3,(H,15,16,17)/t10-/m1/s1. The van der Waals surface area contributed by atoms with E-state index >= 15 is 0 Å². The molecule has 0 aliphatic carbocycles. The highest BCUT2D eigenvalue weighted by atomic mass is 33.1. The van der Waals surface area contributed by atoms with E-state index in [2.05, 4.69) is 15.0 Å². The molecule has 0 unspecified atom stereocenters. The Kier molecular flexibility index (Phi) is 7.04. The summed E-state index contributed by atoms with van der Waals surface area (Å²) in [4.78, 5) is 28.0. The van der Waals surface area contributed by atoms with E-state index in [0.29, 0.717) is 22.1 Å². The van der Waals surface area contributed by atoms with Gasteiger partial charge in [-0.1, -0.05) is 39.3 Å². The van der Waals surface area contributed by atoms with Crippen LogP contribution in [-0.4, -0.2) is 35.0 Å². The second-order valence-electron chi connectivity index (χ2n) is 5.05. The van der Waals surface area contributed by atoms with Crippen molar-refractivity contribution in [3.8, 4) is 0 Å². The normalized spacial score (nSPS) is 17.5. The Bertz CT molecular complexity index is 527. The van der Waals surface area contributed by atoms with Crippen LogP contribution in [0.25, 0.3) is 0 Å². The minimum atomic E-state index is -0.414. The Balaban J connectivity index is 1.71. The third-order valence-corrected chi connectivity index (χ3v) is 7.38. The van der Waals surface area contributed by atoms with Crippen LogP contribution in [0.2, 0.25) is 0 Å². The fourth-order valence-corrected chi connectivity index (χ4v) is 6.06. The molecule has 0 radical (unpaired) electrons. The van der Waals surface area contributed by atoms with Gasteiger partial charge in [0.2, 0.25) is 5.91 Å². The number of aromatic nitrogens is 1. The maximum absolute atomic E-state index is 11.9. The molecule has 0 aromatic carbocycles. The molecule has 2 heterocycles. The summed E-state index contributed by atoms with van der Waals surface area (Å²) >= 11 is 1.16. The maximum Gasteiger partial charge on any atom is 0.350 e. The summed E-state index contributed by atoms with van der Waals surface area (Å²) in [6.07, 6.45) is 4.94. The lowest BCUT2D eigenvalue weighted by Gasteiger charge is -2.06. The largest absolute Gasteiger partial charge is 0.465 e. The first-order valence-corrected chi connectivity index (χ1v) is 10.4. The zero-order valence-corrected chi connectivity index (χ0v) is 15.2. The summed E-state index contributed by atoms with van der Waals surface area (Å²) < 4.78 is 4.68. The van der Waals surface area contributed by atoms with Gasteiger partial charge in [-0.3, -0.25) is 4.79 Å². The highest BCUT2D eigenvalue weighted by Gasteiger charge is 2.18. The molecule has 1 atom stereocenters. The van der Waals surface area contributed by atoms with Crippen molar-refractivity contribution in [1.82, 2.24) is 4.98 Å². The van der Waals surface area contributed by atoms with Crippen LogP contribution in [0.15, 0.2) is 0 Å². The van der Waals surface area contributed by atoms with Crippen LogP contribution in [0.3, 0.4) is 0 Å². The van der Waals surface area contributed by atoms with Crippen molar-refractivity contribution in [2.45, 2.75) is 44.3 Å². The Morgan fingerprint density at radius 2 is 2.23 bits per heavy atom. The monoisotopic (exact) mass is 360 g/mol. The maximum atomic E-state index is 11.9. The molecule has 1 amide bonds. The minimum absolute atomic E-state index is 0.0429. The van der Waals surface area contributed by atoms with Gasteiger partial charge in [0.1, 0.15) is 4.88 Å². The van der Waals surface area contributed by atoms with Gasteiger partial charge >= 0.3 is 5.97 Å². The molecule has 22 heavy (non-hydrogen) atoms. The molecule has 2 rings (SSSR count). The minimum Gasteiger partial charge on any atom is -0.465 e. The van der Waals surface area contributed by atoms with Crippen molar-refractivity contribution in [2.24, 2.45) is 0 Å². The number of hydrogen-bond donors (Lipinski definition) is 1. The van der Waals surface area contributed by atoms with Gasteiger partial charge in [0.05, 0.1) is 12.8 Å². The lowest BCUT2D eigenvalue weighted by atomic mass is 10.1. The average Bonchev–Trinajstić information content (AvgIpc) is 3.12. The van der Waals surface area contributed by atoms with Gasteiger partial charge in [-0.2, -0.15) is 0 Å². The highest BCUT2D eigenvalue weighted by molar-refractivity contribution is 8.77. The number of aryl methyl sites for hydroxylation is 1. The van der Waals surface area contributed by atoms with Gasteiger partial charge in [-0.25, -0.2) is 9.78 Å². The molecule has 1 aromatic rings. The fourth-order valence-electron chi connectivity index (χ4n) is 2.14. The molecule has 1 saturated heterocycles. The number of methoxy groups -OCH3 is 1. The van der Waals surface area contributed by atoms with E-state index in [1.54, 1.807) is 6.92 Å². The molecule has 0 spiro atoms. The van der Waals surface area contributed by atoms with E-state index in [1.807, 2.05) is 21.6 Å². The van der Waals surface area contributed by atoms with Crippen molar-refractivity contribution >= 4 is 49.9 Å². The number of rotatable bonds is 7. The first kappa shape index (κ1) is 17.6. The number of carbonyl (C=O) groups is 2. The van der Waals surface area contributed by atoms with Crippen LogP contribution in [-0.2, 0) is 9.53 Å². The predicted molar refractivity (Wildman–Crippen MR) is 93.7 cm³/mol. The van der Waals surface area contributed by atoms with Crippen molar-refractivity contribution in [1.29, 1.82) is 0 Å². The zero-order chi connectivity index (χ0) is 15.9. The summed E-state index contributed by atoms with van der Waals surface area (Å²) in [6, 6.07) is 0. The third kappa shape index (κ3) is 5.17. The number of thiazole rings is 1. The van der Waals surface area contributed by atoms with Crippen LogP contribution < -0.4 is 5.32 Å². The molecular weight excluding hydrogens is 340 g/mol. The summed E-state index contributed by atoms with van der Waals surface area (Å²) in [5.41, 5.74) is 0.586. The molecule has 0 bridgehead atoms. The molecule has 122 valence electrons. The van der Waals surface area contributed by atoms with Crippen LogP contribution in [0.1, 0.15) is 47.5 Å². The number of amides is 1. The molecule has 1 N–H and O–H groups in total. The number of nitrogens with zero attached hydrogens (tertiary/aromatic N) is 1. The summed E-state index contributed by atoms with van der Waals surface area (Å²) in [5, 5.41) is 3.99. The number of nitrogens with one attached hydrogen (secondary N) is 1. The number of esters is 1. The fraction of sp³-hybridized carbons (Fsp3) is 0.643. The lowest BCUT2D eigenvalue weighted by Crippen LogP contribution is -2.11. The Hall–Kier alpha value is -0.730. The van der Waals surface area contributed by atoms with E-state index in [-0.39, 0.29) is 5.91 Å². The van der Waals surface area contributed by atoms with Crippen LogP contribution in [0, 0.1) is 6.92 Å². The molecule has 1 fully saturated rings. The van der Waals surface area contributed by atoms with E-state index in [4.69, 9.17) is 0 Å². The average molecular weight is 361 g/mol. The number of unbranched alkanes of at least 4 members (excludes halogenated alkanes) is 1. The van der Waals surface area contributed by atoms with Crippen LogP contribution in [0.5, 0.6) is 0 Å². The van der Waals surface area contributed by atoms with Crippen LogP contribution in [0.4, 0.5) is 5.13 Å². The van der Waals surface area contributed by atoms with Gasteiger partial charge in [0.15, 0.2) is 5.13 Å². The van der Waals surface area contributed by atoms with Crippen LogP contribution >= 0.6 is 32.9 Å². The first-order chi connectivity index (χ1) is 10.6. The molecular formula is C14H20N2O3S3. The Labute approximate surface area is 142 Å². The quantitative estimate of drug-likeness (QED) is 0.452. The number of anilines is 1. The Morgan fingerprint density at radius 3 is 2.91 bits per heavy atom. The molecule has 5 nitrogen and oxygen atoms in total. The number of hydrogen-bond acceptors (Lipinski definition) is 7. The molecule has 0 saturated carbocycles. The van der Waals surface area contributed by atoms with Gasteiger partial charge in [-0.05, 0) is 26.2 Å². The zero-order valence-electron chi connectivity index (χ0n) is 12.7. The van der Waals surface area contributed by atoms with Crippen molar-refractivity contribution in [3.63, 3.8) is 0 Å². The SMILES string of the molecule is COC(=O)c1sc(NC(=O)CCCC[C@@H]2CCSS2)nc1C. The first-order valence-electron chi connectivity index (χ1n) is 7.24. The van der Waals surface area contributed by atoms with E-state index in [0.717, 1.165) is 29.4 Å². The summed E-state index contributed by atoms with van der Waals surface area (Å²) in [5.74, 6) is 0.794.